The van der Waals surface area contributed by atoms with E-state index in [0.717, 1.165) is 11.3 Å². The topological polar surface area (TPSA) is 39.1 Å². The van der Waals surface area contributed by atoms with Crippen molar-refractivity contribution in [2.75, 3.05) is 6.61 Å². The van der Waals surface area contributed by atoms with Crippen molar-refractivity contribution in [1.29, 1.82) is 0 Å². The Morgan fingerprint density at radius 3 is 2.63 bits per heavy atom. The lowest BCUT2D eigenvalue weighted by atomic mass is 10.2. The Balaban J connectivity index is 1.97. The fraction of sp³-hybridized carbons (Fsp3) is 0.400. The van der Waals surface area contributed by atoms with Gasteiger partial charge in [-0.3, -0.25) is 0 Å². The van der Waals surface area contributed by atoms with E-state index in [1.54, 1.807) is 0 Å². The van der Waals surface area contributed by atoms with Crippen LogP contribution in [0.1, 0.15) is 32.4 Å². The Labute approximate surface area is 114 Å². The molecule has 0 saturated carbocycles. The maximum atomic E-state index is 5.44. The highest BCUT2D eigenvalue weighted by molar-refractivity contribution is 5.31. The number of para-hydroxylation sites is 1. The van der Waals surface area contributed by atoms with Crippen LogP contribution in [0.15, 0.2) is 42.7 Å². The average molecular weight is 259 g/mol. The molecule has 1 aromatic heterocycles. The lowest BCUT2D eigenvalue weighted by Gasteiger charge is -2.13. The van der Waals surface area contributed by atoms with E-state index in [0.29, 0.717) is 12.5 Å². The van der Waals surface area contributed by atoms with E-state index < -0.39 is 0 Å². The number of nitrogens with one attached hydrogen (secondary N) is 1. The molecule has 1 heterocycles. The van der Waals surface area contributed by atoms with Gasteiger partial charge in [0.1, 0.15) is 0 Å². The summed E-state index contributed by atoms with van der Waals surface area (Å²) in [6, 6.07) is 10.2. The maximum Gasteiger partial charge on any atom is 0.0705 e. The van der Waals surface area contributed by atoms with Gasteiger partial charge in [0, 0.05) is 11.8 Å². The molecule has 1 atom stereocenters. The van der Waals surface area contributed by atoms with Gasteiger partial charge in [-0.15, -0.1) is 0 Å². The van der Waals surface area contributed by atoms with Crippen LogP contribution < -0.4 is 5.48 Å². The van der Waals surface area contributed by atoms with Crippen molar-refractivity contribution in [2.45, 2.75) is 26.8 Å². The van der Waals surface area contributed by atoms with Gasteiger partial charge >= 0.3 is 0 Å². The van der Waals surface area contributed by atoms with Crippen LogP contribution in [-0.2, 0) is 4.84 Å². The second-order valence-corrected chi connectivity index (χ2v) is 5.10. The van der Waals surface area contributed by atoms with Crippen molar-refractivity contribution in [3.8, 4) is 5.69 Å². The van der Waals surface area contributed by atoms with Crippen LogP contribution in [-0.4, -0.2) is 16.4 Å². The minimum absolute atomic E-state index is 0.121. The highest BCUT2D eigenvalue weighted by Crippen LogP contribution is 2.14. The third-order valence-electron chi connectivity index (χ3n) is 2.80. The molecule has 1 N–H and O–H groups in total. The number of hydrogen-bond acceptors (Lipinski definition) is 3. The second-order valence-electron chi connectivity index (χ2n) is 5.10. The molecular formula is C15H21N3O. The predicted molar refractivity (Wildman–Crippen MR) is 75.9 cm³/mol. The van der Waals surface area contributed by atoms with Crippen molar-refractivity contribution < 1.29 is 4.84 Å². The summed E-state index contributed by atoms with van der Waals surface area (Å²) in [7, 11) is 0. The molecule has 0 saturated heterocycles. The molecule has 0 amide bonds. The Hall–Kier alpha value is -1.65. The Kier molecular flexibility index (Phi) is 4.71. The standard InChI is InChI=1S/C15H21N3O/c1-12(2)11-19-17-13(3)14-9-16-18(10-14)15-7-5-4-6-8-15/h4-10,12-13,17H,11H2,1-3H3. The molecule has 2 rings (SSSR count). The van der Waals surface area contributed by atoms with Gasteiger partial charge in [0.25, 0.3) is 0 Å². The normalized spacial score (nSPS) is 12.8. The van der Waals surface area contributed by atoms with E-state index in [1.807, 2.05) is 47.4 Å². The maximum absolute atomic E-state index is 5.44. The van der Waals surface area contributed by atoms with Crippen LogP contribution >= 0.6 is 0 Å². The summed E-state index contributed by atoms with van der Waals surface area (Å²) in [6.45, 7) is 7.02. The molecule has 0 aliphatic heterocycles. The Morgan fingerprint density at radius 2 is 1.95 bits per heavy atom. The average Bonchev–Trinajstić information content (AvgIpc) is 2.89. The largest absolute Gasteiger partial charge is 0.301 e. The molecule has 4 nitrogen and oxygen atoms in total. The zero-order chi connectivity index (χ0) is 13.7. The highest BCUT2D eigenvalue weighted by Gasteiger charge is 2.09. The third-order valence-corrected chi connectivity index (χ3v) is 2.80. The summed E-state index contributed by atoms with van der Waals surface area (Å²) < 4.78 is 1.87. The monoisotopic (exact) mass is 259 g/mol. The van der Waals surface area contributed by atoms with Crippen LogP contribution in [0.2, 0.25) is 0 Å². The van der Waals surface area contributed by atoms with Crippen molar-refractivity contribution in [1.82, 2.24) is 15.3 Å². The fourth-order valence-corrected chi connectivity index (χ4v) is 1.69. The molecule has 1 unspecified atom stereocenters. The molecule has 2 aromatic rings. The van der Waals surface area contributed by atoms with E-state index in [-0.39, 0.29) is 6.04 Å². The van der Waals surface area contributed by atoms with Gasteiger partial charge in [-0.1, -0.05) is 32.0 Å². The fourth-order valence-electron chi connectivity index (χ4n) is 1.69. The number of nitrogens with zero attached hydrogens (tertiary/aromatic N) is 2. The summed E-state index contributed by atoms with van der Waals surface area (Å²) in [5, 5.41) is 4.37. The summed E-state index contributed by atoms with van der Waals surface area (Å²) >= 11 is 0. The number of hydroxylamine groups is 1. The summed E-state index contributed by atoms with van der Waals surface area (Å²) in [6.07, 6.45) is 3.88. The minimum atomic E-state index is 0.121. The van der Waals surface area contributed by atoms with E-state index in [4.69, 9.17) is 4.84 Å². The number of benzene rings is 1. The smallest absolute Gasteiger partial charge is 0.0705 e. The quantitative estimate of drug-likeness (QED) is 0.810. The predicted octanol–water partition coefficient (Wildman–Crippen LogP) is 3.11. The lowest BCUT2D eigenvalue weighted by molar-refractivity contribution is 0.00409. The third kappa shape index (κ3) is 3.91. The van der Waals surface area contributed by atoms with Gasteiger partial charge in [-0.05, 0) is 25.0 Å². The second kappa shape index (κ2) is 6.50. The summed E-state index contributed by atoms with van der Waals surface area (Å²) in [5.41, 5.74) is 5.21. The van der Waals surface area contributed by atoms with E-state index in [2.05, 4.69) is 31.3 Å². The van der Waals surface area contributed by atoms with Crippen LogP contribution in [0.3, 0.4) is 0 Å². The van der Waals surface area contributed by atoms with Crippen LogP contribution in [0, 0.1) is 5.92 Å². The van der Waals surface area contributed by atoms with E-state index in [9.17, 15) is 0 Å². The molecule has 0 aliphatic rings. The first-order valence-corrected chi connectivity index (χ1v) is 6.64. The summed E-state index contributed by atoms with van der Waals surface area (Å²) in [4.78, 5) is 5.44. The molecule has 4 heteroatoms. The molecular weight excluding hydrogens is 238 g/mol. The molecule has 19 heavy (non-hydrogen) atoms. The Bertz CT molecular complexity index is 493. The number of aromatic nitrogens is 2. The zero-order valence-corrected chi connectivity index (χ0v) is 11.7. The SMILES string of the molecule is CC(C)CONC(C)c1cnn(-c2ccccc2)c1. The first-order valence-electron chi connectivity index (χ1n) is 6.64. The van der Waals surface area contributed by atoms with Gasteiger partial charge in [-0.2, -0.15) is 10.6 Å². The van der Waals surface area contributed by atoms with Crippen molar-refractivity contribution in [3.05, 3.63) is 48.3 Å². The minimum Gasteiger partial charge on any atom is -0.301 e. The molecule has 0 aliphatic carbocycles. The van der Waals surface area contributed by atoms with Crippen molar-refractivity contribution >= 4 is 0 Å². The van der Waals surface area contributed by atoms with Crippen LogP contribution in [0.4, 0.5) is 0 Å². The van der Waals surface area contributed by atoms with Crippen LogP contribution in [0.5, 0.6) is 0 Å². The molecule has 1 aromatic carbocycles. The van der Waals surface area contributed by atoms with Gasteiger partial charge in [0.15, 0.2) is 0 Å². The molecule has 0 spiro atoms. The van der Waals surface area contributed by atoms with Gasteiger partial charge in [0.05, 0.1) is 24.5 Å². The highest BCUT2D eigenvalue weighted by atomic mass is 16.6. The van der Waals surface area contributed by atoms with Crippen molar-refractivity contribution in [2.24, 2.45) is 5.92 Å². The van der Waals surface area contributed by atoms with Gasteiger partial charge < -0.3 is 4.84 Å². The summed E-state index contributed by atoms with van der Waals surface area (Å²) in [5.74, 6) is 0.520. The molecule has 0 bridgehead atoms. The van der Waals surface area contributed by atoms with Gasteiger partial charge in [0.2, 0.25) is 0 Å². The zero-order valence-electron chi connectivity index (χ0n) is 11.7. The molecule has 0 radical (unpaired) electrons. The van der Waals surface area contributed by atoms with E-state index in [1.165, 1.54) is 0 Å². The number of hydrogen-bond donors (Lipinski definition) is 1. The first kappa shape index (κ1) is 13.8. The molecule has 102 valence electrons. The van der Waals surface area contributed by atoms with E-state index >= 15 is 0 Å². The van der Waals surface area contributed by atoms with Crippen molar-refractivity contribution in [3.63, 3.8) is 0 Å². The first-order chi connectivity index (χ1) is 9.16. The Morgan fingerprint density at radius 1 is 1.21 bits per heavy atom. The van der Waals surface area contributed by atoms with Gasteiger partial charge in [-0.25, -0.2) is 4.68 Å². The number of rotatable bonds is 6. The lowest BCUT2D eigenvalue weighted by Crippen LogP contribution is -2.21. The molecule has 0 fully saturated rings. The van der Waals surface area contributed by atoms with Crippen LogP contribution in [0.25, 0.3) is 5.69 Å².